The number of carbonyl (C=O) groups excluding carboxylic acids is 8. The Hall–Kier alpha value is -13.1. The number of halogens is 4. The molecule has 0 amide bonds. The van der Waals surface area contributed by atoms with Crippen LogP contribution in [0.2, 0.25) is 0 Å². The van der Waals surface area contributed by atoms with Crippen LogP contribution < -0.4 is 56.8 Å². The maximum absolute atomic E-state index is 15.3. The van der Waals surface area contributed by atoms with E-state index in [0.29, 0.717) is 37.9 Å². The molecule has 10 aromatic carbocycles. The molecule has 10 rings (SSSR count). The van der Waals surface area contributed by atoms with E-state index in [1.165, 1.54) is 248 Å². The third-order valence-electron chi connectivity index (χ3n) is 20.9. The Morgan fingerprint density at radius 1 is 0.188 bits per heavy atom. The number of ether oxygens (including phenoxy) is 12. The molecule has 0 aliphatic heterocycles. The summed E-state index contributed by atoms with van der Waals surface area (Å²) in [5.41, 5.74) is -0.248. The van der Waals surface area contributed by atoms with Gasteiger partial charge in [0.2, 0.25) is 0 Å². The monoisotopic (exact) mass is 1750 g/mol. The van der Waals surface area contributed by atoms with Crippen LogP contribution in [0.15, 0.2) is 218 Å². The minimum Gasteiger partial charge on any atom is -0.494 e. The summed E-state index contributed by atoms with van der Waals surface area (Å²) in [7, 11) is 0. The zero-order valence-corrected chi connectivity index (χ0v) is 72.5. The molecule has 0 spiro atoms. The number of hydrogen-bond donors (Lipinski definition) is 0. The number of esters is 8. The van der Waals surface area contributed by atoms with Crippen molar-refractivity contribution < 1.29 is 113 Å². The molecule has 0 atom stereocenters. The zero-order chi connectivity index (χ0) is 90.5. The van der Waals surface area contributed by atoms with Crippen LogP contribution in [0.5, 0.6) is 69.0 Å². The zero-order valence-electron chi connectivity index (χ0n) is 72.5. The molecule has 0 aromatic heterocycles. The minimum atomic E-state index is -1.03. The lowest BCUT2D eigenvalue weighted by Crippen LogP contribution is -2.12. The molecule has 0 bridgehead atoms. The Balaban J connectivity index is 0.518. The van der Waals surface area contributed by atoms with Gasteiger partial charge in [-0.3, -0.25) is 0 Å². The fourth-order valence-corrected chi connectivity index (χ4v) is 13.6. The Morgan fingerprint density at radius 2 is 0.383 bits per heavy atom. The first kappa shape index (κ1) is 97.1. The van der Waals surface area contributed by atoms with Crippen LogP contribution in [0.25, 0.3) is 0 Å². The molecule has 10 aromatic rings. The van der Waals surface area contributed by atoms with Gasteiger partial charge in [-0.15, -0.1) is 0 Å². The van der Waals surface area contributed by atoms with E-state index in [0.717, 1.165) is 139 Å². The van der Waals surface area contributed by atoms with Gasteiger partial charge in [0.1, 0.15) is 69.1 Å². The maximum Gasteiger partial charge on any atom is 0.346 e. The highest BCUT2D eigenvalue weighted by Gasteiger charge is 2.23. The van der Waals surface area contributed by atoms with Gasteiger partial charge in [0.15, 0.2) is 23.1 Å². The SMILES string of the molecule is CCCCCCCCCCCCOc1ccc(C(=O)Oc2ccc(C(=O)Oc3ccc(OC(=O)c4ccc(OC(=O)c5ccc(OCCCCCCCCCCCCOc6ccc(C(=O)Oc7ccc(C(=O)Oc8ccc(OC(=O)c9ccc(OC(=O)c%10ccc(OCCCCCCCCCCCC)c(F)c%10)cc9)cc8)c(F)c7)cc6)cc5)cc4F)cc3)cc2)cc1F. The number of hydrogen-bond acceptors (Lipinski definition) is 20. The molecule has 0 N–H and O–H groups in total. The number of unbranched alkanes of at least 4 members (excludes halogenated alkanes) is 27. The van der Waals surface area contributed by atoms with Gasteiger partial charge in [-0.2, -0.15) is 0 Å². The fourth-order valence-electron chi connectivity index (χ4n) is 13.6. The molecule has 24 heteroatoms. The molecule has 0 fully saturated rings. The van der Waals surface area contributed by atoms with Gasteiger partial charge in [0, 0.05) is 12.1 Å². The van der Waals surface area contributed by atoms with E-state index in [4.69, 9.17) is 56.8 Å². The van der Waals surface area contributed by atoms with Crippen molar-refractivity contribution in [1.29, 1.82) is 0 Å². The van der Waals surface area contributed by atoms with E-state index >= 15 is 8.78 Å². The van der Waals surface area contributed by atoms with Crippen LogP contribution in [0.1, 0.15) is 289 Å². The molecular formula is C104H110F4O20. The van der Waals surface area contributed by atoms with Gasteiger partial charge in [-0.05, 0) is 232 Å². The highest BCUT2D eigenvalue weighted by atomic mass is 19.1. The third-order valence-corrected chi connectivity index (χ3v) is 20.9. The molecule has 128 heavy (non-hydrogen) atoms. The van der Waals surface area contributed by atoms with Gasteiger partial charge in [0.25, 0.3) is 0 Å². The normalized spacial score (nSPS) is 11.0. The highest BCUT2D eigenvalue weighted by Crippen LogP contribution is 2.31. The topological polar surface area (TPSA) is 247 Å². The van der Waals surface area contributed by atoms with Gasteiger partial charge in [0.05, 0.1) is 70.9 Å². The first-order valence-electron chi connectivity index (χ1n) is 44.4. The number of benzene rings is 10. The molecule has 0 aliphatic rings. The van der Waals surface area contributed by atoms with E-state index in [-0.39, 0.29) is 90.9 Å². The van der Waals surface area contributed by atoms with Crippen molar-refractivity contribution in [2.45, 2.75) is 206 Å². The van der Waals surface area contributed by atoms with Crippen molar-refractivity contribution in [2.75, 3.05) is 26.4 Å². The molecule has 0 radical (unpaired) electrons. The number of carbonyl (C=O) groups is 8. The van der Waals surface area contributed by atoms with Crippen molar-refractivity contribution in [2.24, 2.45) is 0 Å². The quantitative estimate of drug-likeness (QED) is 0.0149. The van der Waals surface area contributed by atoms with Crippen molar-refractivity contribution >= 4 is 47.8 Å². The Kier molecular flexibility index (Phi) is 40.5. The first-order chi connectivity index (χ1) is 62.3. The molecule has 0 aliphatic carbocycles. The second-order valence-corrected chi connectivity index (χ2v) is 31.0. The van der Waals surface area contributed by atoms with E-state index in [1.807, 2.05) is 0 Å². The van der Waals surface area contributed by atoms with Crippen LogP contribution in [-0.2, 0) is 0 Å². The van der Waals surface area contributed by atoms with Crippen LogP contribution in [0.3, 0.4) is 0 Å². The summed E-state index contributed by atoms with van der Waals surface area (Å²) in [6, 6.07) is 49.1. The Labute approximate surface area is 744 Å². The van der Waals surface area contributed by atoms with Crippen molar-refractivity contribution in [3.8, 4) is 69.0 Å². The Morgan fingerprint density at radius 3 is 0.633 bits per heavy atom. The smallest absolute Gasteiger partial charge is 0.346 e. The summed E-state index contributed by atoms with van der Waals surface area (Å²) in [6.45, 7) is 6.17. The summed E-state index contributed by atoms with van der Waals surface area (Å²) < 4.78 is 127. The van der Waals surface area contributed by atoms with E-state index < -0.39 is 82.2 Å². The predicted molar refractivity (Wildman–Crippen MR) is 476 cm³/mol. The van der Waals surface area contributed by atoms with Crippen molar-refractivity contribution in [3.63, 3.8) is 0 Å². The molecule has 20 nitrogen and oxygen atoms in total. The minimum absolute atomic E-state index is 0.0170. The summed E-state index contributed by atoms with van der Waals surface area (Å²) in [5, 5.41) is 0. The second kappa shape index (κ2) is 53.4. The molecule has 0 heterocycles. The third kappa shape index (κ3) is 33.3. The molecule has 674 valence electrons. The molecule has 0 saturated heterocycles. The fraction of sp³-hybridized carbons (Fsp3) is 0.346. The van der Waals surface area contributed by atoms with Crippen molar-refractivity contribution in [3.05, 3.63) is 286 Å². The molecule has 0 saturated carbocycles. The predicted octanol–water partition coefficient (Wildman–Crippen LogP) is 26.0. The first-order valence-corrected chi connectivity index (χ1v) is 44.4. The average molecular weight is 1760 g/mol. The van der Waals surface area contributed by atoms with Crippen LogP contribution >= 0.6 is 0 Å². The number of rotatable bonds is 55. The lowest BCUT2D eigenvalue weighted by atomic mass is 10.1. The van der Waals surface area contributed by atoms with Crippen LogP contribution in [0, 0.1) is 23.3 Å². The maximum atomic E-state index is 15.3. The van der Waals surface area contributed by atoms with Gasteiger partial charge < -0.3 is 56.8 Å². The largest absolute Gasteiger partial charge is 0.494 e. The standard InChI is InChI=1S/C104H110F4O20/c1-3-5-7-9-11-13-17-23-27-31-67-119-95-63-41-77(69-93(95)107)101(113)123-81-47-37-75(38-48-81)97(109)121-83-51-55-85(56-52-83)125-103(115)89-61-59-87(71-91(89)105)127-99(111)73-33-43-79(44-34-73)117-65-29-25-21-19-15-16-20-22-26-30-66-118-80-45-35-74(36-46-80)100(112)128-88-60-62-90(92(106)72-88)104(116)126-86-57-53-84(54-58-86)122-98(110)76-39-49-82(50-40-76)124-102(114)78-42-64-96(94(108)70-78)120-68-32-28-24-18-14-12-10-8-6-4-2/h33-64,69-72H,3-32,65-68H2,1-2H3. The Bertz CT molecular complexity index is 4870. The lowest BCUT2D eigenvalue weighted by molar-refractivity contribution is 0.0712. The van der Waals surface area contributed by atoms with Gasteiger partial charge in [-0.25, -0.2) is 55.9 Å². The average Bonchev–Trinajstić information content (AvgIpc) is 0.835. The van der Waals surface area contributed by atoms with E-state index in [1.54, 1.807) is 24.3 Å². The van der Waals surface area contributed by atoms with E-state index in [9.17, 15) is 47.1 Å². The van der Waals surface area contributed by atoms with Crippen molar-refractivity contribution in [1.82, 2.24) is 0 Å². The van der Waals surface area contributed by atoms with Gasteiger partial charge >= 0.3 is 47.8 Å². The van der Waals surface area contributed by atoms with Gasteiger partial charge in [-0.1, -0.05) is 181 Å². The summed E-state index contributed by atoms with van der Waals surface area (Å²) >= 11 is 0. The lowest BCUT2D eigenvalue weighted by Gasteiger charge is -2.10. The van der Waals surface area contributed by atoms with E-state index in [2.05, 4.69) is 13.8 Å². The second-order valence-electron chi connectivity index (χ2n) is 31.0. The summed E-state index contributed by atoms with van der Waals surface area (Å²) in [5.74, 6) is -8.57. The summed E-state index contributed by atoms with van der Waals surface area (Å²) in [6.07, 6.45) is 33.8. The van der Waals surface area contributed by atoms with Crippen LogP contribution in [0.4, 0.5) is 17.6 Å². The summed E-state index contributed by atoms with van der Waals surface area (Å²) in [4.78, 5) is 104. The molecular weight excluding hydrogens is 1650 g/mol. The highest BCUT2D eigenvalue weighted by molar-refractivity contribution is 5.96. The van der Waals surface area contributed by atoms with Crippen LogP contribution in [-0.4, -0.2) is 74.2 Å². The molecule has 0 unspecified atom stereocenters.